The van der Waals surface area contributed by atoms with Crippen LogP contribution in [-0.2, 0) is 0 Å². The average molecular weight is 400 g/mol. The Morgan fingerprint density at radius 1 is 0.840 bits per heavy atom. The Morgan fingerprint density at radius 2 is 1.48 bits per heavy atom. The highest BCUT2D eigenvalue weighted by molar-refractivity contribution is 9.10. The van der Waals surface area contributed by atoms with Crippen molar-refractivity contribution < 1.29 is 0 Å². The van der Waals surface area contributed by atoms with Gasteiger partial charge < -0.3 is 9.80 Å². The zero-order chi connectivity index (χ0) is 17.2. The molecule has 0 radical (unpaired) electrons. The molecule has 4 rings (SSSR count). The zero-order valence-corrected chi connectivity index (χ0v) is 15.5. The monoisotopic (exact) mass is 399 g/mol. The molecular weight excluding hydrogens is 382 g/mol. The third-order valence-electron chi connectivity index (χ3n) is 4.23. The molecule has 0 unspecified atom stereocenters. The SMILES string of the molecule is Cc1ccn(-c2ccc(N3CCN(c4ccc(Br)cn4)CC3)nn2)n1. The molecular formula is C17H18BrN7. The van der Waals surface area contributed by atoms with Gasteiger partial charge in [0.25, 0.3) is 0 Å². The molecule has 0 amide bonds. The van der Waals surface area contributed by atoms with Crippen molar-refractivity contribution in [3.8, 4) is 5.82 Å². The predicted molar refractivity (Wildman–Crippen MR) is 100 cm³/mol. The molecule has 0 aliphatic carbocycles. The molecule has 128 valence electrons. The van der Waals surface area contributed by atoms with Crippen molar-refractivity contribution in [2.24, 2.45) is 0 Å². The van der Waals surface area contributed by atoms with E-state index in [1.165, 1.54) is 0 Å². The molecule has 1 fully saturated rings. The molecule has 3 aromatic heterocycles. The van der Waals surface area contributed by atoms with Gasteiger partial charge in [-0.25, -0.2) is 9.67 Å². The number of halogens is 1. The van der Waals surface area contributed by atoms with Crippen LogP contribution in [0.25, 0.3) is 5.82 Å². The van der Waals surface area contributed by atoms with Gasteiger partial charge in [-0.05, 0) is 53.2 Å². The third-order valence-corrected chi connectivity index (χ3v) is 4.70. The highest BCUT2D eigenvalue weighted by atomic mass is 79.9. The number of rotatable bonds is 3. The lowest BCUT2D eigenvalue weighted by Gasteiger charge is -2.35. The molecule has 0 atom stereocenters. The number of hydrogen-bond acceptors (Lipinski definition) is 6. The minimum absolute atomic E-state index is 0.731. The first-order chi connectivity index (χ1) is 12.2. The molecule has 1 saturated heterocycles. The summed E-state index contributed by atoms with van der Waals surface area (Å²) in [5, 5.41) is 13.0. The van der Waals surface area contributed by atoms with Gasteiger partial charge in [-0.15, -0.1) is 10.2 Å². The third kappa shape index (κ3) is 3.48. The molecule has 1 aliphatic heterocycles. The summed E-state index contributed by atoms with van der Waals surface area (Å²) in [4.78, 5) is 9.01. The maximum atomic E-state index is 4.47. The summed E-state index contributed by atoms with van der Waals surface area (Å²) in [7, 11) is 0. The van der Waals surface area contributed by atoms with E-state index in [0.717, 1.165) is 53.8 Å². The molecule has 1 aliphatic rings. The topological polar surface area (TPSA) is 63.0 Å². The van der Waals surface area contributed by atoms with Crippen LogP contribution in [0.4, 0.5) is 11.6 Å². The molecule has 7 nitrogen and oxygen atoms in total. The summed E-state index contributed by atoms with van der Waals surface area (Å²) in [5.74, 6) is 2.64. The Kier molecular flexibility index (Phi) is 4.35. The van der Waals surface area contributed by atoms with Crippen molar-refractivity contribution >= 4 is 27.6 Å². The van der Waals surface area contributed by atoms with Crippen molar-refractivity contribution in [1.29, 1.82) is 0 Å². The van der Waals surface area contributed by atoms with E-state index in [0.29, 0.717) is 0 Å². The number of aromatic nitrogens is 5. The summed E-state index contributed by atoms with van der Waals surface area (Å²) >= 11 is 3.42. The fourth-order valence-electron chi connectivity index (χ4n) is 2.87. The fourth-order valence-corrected chi connectivity index (χ4v) is 3.11. The Labute approximate surface area is 154 Å². The minimum Gasteiger partial charge on any atom is -0.353 e. The second-order valence-corrected chi connectivity index (χ2v) is 6.88. The first-order valence-electron chi connectivity index (χ1n) is 8.17. The van der Waals surface area contributed by atoms with Crippen LogP contribution in [0, 0.1) is 6.92 Å². The van der Waals surface area contributed by atoms with Gasteiger partial charge in [0.15, 0.2) is 11.6 Å². The highest BCUT2D eigenvalue weighted by Gasteiger charge is 2.19. The van der Waals surface area contributed by atoms with Gasteiger partial charge in [-0.2, -0.15) is 5.10 Å². The standard InChI is InChI=1S/C17H18BrN7/c1-13-6-7-25(22-13)17-5-4-16(20-21-17)24-10-8-23(9-11-24)15-3-2-14(18)12-19-15/h2-7,12H,8-11H2,1H3. The molecule has 0 spiro atoms. The Hall–Kier alpha value is -2.48. The van der Waals surface area contributed by atoms with Gasteiger partial charge >= 0.3 is 0 Å². The van der Waals surface area contributed by atoms with Crippen molar-refractivity contribution in [3.05, 3.63) is 52.9 Å². The van der Waals surface area contributed by atoms with E-state index in [1.54, 1.807) is 4.68 Å². The van der Waals surface area contributed by atoms with Crippen LogP contribution in [0.15, 0.2) is 47.2 Å². The summed E-state index contributed by atoms with van der Waals surface area (Å²) in [6.45, 7) is 5.57. The van der Waals surface area contributed by atoms with Gasteiger partial charge in [-0.1, -0.05) is 0 Å². The summed E-state index contributed by atoms with van der Waals surface area (Å²) in [5.41, 5.74) is 0.962. The molecule has 25 heavy (non-hydrogen) atoms. The van der Waals surface area contributed by atoms with E-state index in [-0.39, 0.29) is 0 Å². The first kappa shape index (κ1) is 16.0. The summed E-state index contributed by atoms with van der Waals surface area (Å²) in [6.07, 6.45) is 3.73. The molecule has 0 bridgehead atoms. The van der Waals surface area contributed by atoms with Crippen molar-refractivity contribution in [3.63, 3.8) is 0 Å². The van der Waals surface area contributed by atoms with Gasteiger partial charge in [0.1, 0.15) is 5.82 Å². The number of anilines is 2. The fraction of sp³-hybridized carbons (Fsp3) is 0.294. The Morgan fingerprint density at radius 3 is 2.04 bits per heavy atom. The number of nitrogens with zero attached hydrogens (tertiary/aromatic N) is 7. The van der Waals surface area contributed by atoms with Crippen LogP contribution in [0.1, 0.15) is 5.69 Å². The second kappa shape index (κ2) is 6.79. The number of piperazine rings is 1. The van der Waals surface area contributed by atoms with Crippen LogP contribution < -0.4 is 9.80 Å². The number of aryl methyl sites for hydroxylation is 1. The van der Waals surface area contributed by atoms with E-state index < -0.39 is 0 Å². The smallest absolute Gasteiger partial charge is 0.175 e. The Balaban J connectivity index is 1.41. The lowest BCUT2D eigenvalue weighted by Crippen LogP contribution is -2.47. The van der Waals surface area contributed by atoms with Crippen molar-refractivity contribution in [2.45, 2.75) is 6.92 Å². The highest BCUT2D eigenvalue weighted by Crippen LogP contribution is 2.19. The van der Waals surface area contributed by atoms with Crippen LogP contribution >= 0.6 is 15.9 Å². The van der Waals surface area contributed by atoms with Crippen molar-refractivity contribution in [2.75, 3.05) is 36.0 Å². The van der Waals surface area contributed by atoms with Crippen LogP contribution in [0.3, 0.4) is 0 Å². The second-order valence-electron chi connectivity index (χ2n) is 5.96. The maximum Gasteiger partial charge on any atom is 0.175 e. The summed E-state index contributed by atoms with van der Waals surface area (Å²) in [6, 6.07) is 9.98. The quantitative estimate of drug-likeness (QED) is 0.673. The molecule has 0 saturated carbocycles. The van der Waals surface area contributed by atoms with E-state index in [9.17, 15) is 0 Å². The van der Waals surface area contributed by atoms with Crippen LogP contribution in [0.2, 0.25) is 0 Å². The number of pyridine rings is 1. The average Bonchev–Trinajstić information content (AvgIpc) is 3.09. The number of hydrogen-bond donors (Lipinski definition) is 0. The molecule has 0 aromatic carbocycles. The Bertz CT molecular complexity index is 836. The first-order valence-corrected chi connectivity index (χ1v) is 8.96. The lowest BCUT2D eigenvalue weighted by atomic mass is 10.3. The zero-order valence-electron chi connectivity index (χ0n) is 13.9. The minimum atomic E-state index is 0.731. The van der Waals surface area contributed by atoms with Crippen LogP contribution in [0.5, 0.6) is 0 Å². The van der Waals surface area contributed by atoms with Gasteiger partial charge in [0.05, 0.1) is 5.69 Å². The van der Waals surface area contributed by atoms with Gasteiger partial charge in [0.2, 0.25) is 0 Å². The molecule has 4 heterocycles. The predicted octanol–water partition coefficient (Wildman–Crippen LogP) is 2.45. The molecule has 8 heteroatoms. The van der Waals surface area contributed by atoms with E-state index in [1.807, 2.05) is 49.6 Å². The summed E-state index contributed by atoms with van der Waals surface area (Å²) < 4.78 is 2.74. The lowest BCUT2D eigenvalue weighted by molar-refractivity contribution is 0.636. The van der Waals surface area contributed by atoms with Gasteiger partial charge in [-0.3, -0.25) is 0 Å². The maximum absolute atomic E-state index is 4.47. The molecule has 3 aromatic rings. The largest absolute Gasteiger partial charge is 0.353 e. The van der Waals surface area contributed by atoms with Crippen LogP contribution in [-0.4, -0.2) is 51.1 Å². The van der Waals surface area contributed by atoms with E-state index >= 15 is 0 Å². The van der Waals surface area contributed by atoms with E-state index in [2.05, 4.69) is 46.0 Å². The molecule has 0 N–H and O–H groups in total. The van der Waals surface area contributed by atoms with Crippen molar-refractivity contribution in [1.82, 2.24) is 25.0 Å². The van der Waals surface area contributed by atoms with E-state index in [4.69, 9.17) is 0 Å². The van der Waals surface area contributed by atoms with Gasteiger partial charge in [0, 0.05) is 43.0 Å². The normalized spacial score (nSPS) is 14.8.